The molecule has 1 fully saturated rings. The lowest BCUT2D eigenvalue weighted by molar-refractivity contribution is -0.116. The molecule has 2 amide bonds. The maximum absolute atomic E-state index is 12.9. The predicted molar refractivity (Wildman–Crippen MR) is 122 cm³/mol. The molecule has 0 spiro atoms. The van der Waals surface area contributed by atoms with Crippen molar-refractivity contribution in [2.24, 2.45) is 5.92 Å². The summed E-state index contributed by atoms with van der Waals surface area (Å²) in [5, 5.41) is 2.99. The summed E-state index contributed by atoms with van der Waals surface area (Å²) in [7, 11) is 0. The minimum Gasteiger partial charge on any atom is -0.486 e. The van der Waals surface area contributed by atoms with Crippen molar-refractivity contribution in [1.29, 1.82) is 0 Å². The zero-order valence-electron chi connectivity index (χ0n) is 18.3. The van der Waals surface area contributed by atoms with Crippen LogP contribution in [0.5, 0.6) is 5.75 Å². The molecule has 4 rings (SSSR count). The Morgan fingerprint density at radius 1 is 1.16 bits per heavy atom. The van der Waals surface area contributed by atoms with E-state index in [-0.39, 0.29) is 17.9 Å². The van der Waals surface area contributed by atoms with Gasteiger partial charge in [-0.05, 0) is 61.4 Å². The number of hydrogen-bond acceptors (Lipinski definition) is 3. The summed E-state index contributed by atoms with van der Waals surface area (Å²) in [5.41, 5.74) is 3.43. The second kappa shape index (κ2) is 9.38. The first-order valence-corrected chi connectivity index (χ1v) is 11.1. The van der Waals surface area contributed by atoms with Gasteiger partial charge in [-0.1, -0.05) is 43.3 Å². The van der Waals surface area contributed by atoms with Gasteiger partial charge in [0.05, 0.1) is 13.1 Å². The van der Waals surface area contributed by atoms with Crippen molar-refractivity contribution in [3.63, 3.8) is 0 Å². The molecule has 1 heterocycles. The van der Waals surface area contributed by atoms with Gasteiger partial charge in [0.25, 0.3) is 5.91 Å². The Hall–Kier alpha value is -3.08. The van der Waals surface area contributed by atoms with Crippen LogP contribution in [-0.4, -0.2) is 35.9 Å². The highest BCUT2D eigenvalue weighted by atomic mass is 16.5. The number of likely N-dealkylation sites (tertiary alicyclic amines) is 1. The fourth-order valence-electron chi connectivity index (χ4n) is 4.15. The molecule has 5 nitrogen and oxygen atoms in total. The standard InChI is InChI=1S/C26H30N2O3/c1-3-20-10-6-7-11-24(20)31-22-16-28(17-22)26(30)21-13-12-18(2)23(15-21)27-25(29)14-19-8-4-5-9-19/h4,6-8,10-13,15,19,22H,3,5,9,14,16-17H2,1-2H3,(H,27,29). The summed E-state index contributed by atoms with van der Waals surface area (Å²) < 4.78 is 6.09. The predicted octanol–water partition coefficient (Wildman–Crippen LogP) is 4.76. The number of aryl methyl sites for hydroxylation is 2. The summed E-state index contributed by atoms with van der Waals surface area (Å²) in [6, 6.07) is 13.6. The van der Waals surface area contributed by atoms with E-state index in [1.165, 1.54) is 5.56 Å². The lowest BCUT2D eigenvalue weighted by atomic mass is 10.0. The first kappa shape index (κ1) is 21.2. The van der Waals surface area contributed by atoms with Crippen LogP contribution in [0.15, 0.2) is 54.6 Å². The Morgan fingerprint density at radius 3 is 2.71 bits per heavy atom. The van der Waals surface area contributed by atoms with Gasteiger partial charge < -0.3 is 15.0 Å². The van der Waals surface area contributed by atoms with Gasteiger partial charge in [-0.2, -0.15) is 0 Å². The van der Waals surface area contributed by atoms with Gasteiger partial charge in [-0.25, -0.2) is 0 Å². The van der Waals surface area contributed by atoms with E-state index in [1.807, 2.05) is 37.3 Å². The number of hydrogen-bond donors (Lipinski definition) is 1. The van der Waals surface area contributed by atoms with E-state index < -0.39 is 0 Å². The highest BCUT2D eigenvalue weighted by molar-refractivity contribution is 5.98. The van der Waals surface area contributed by atoms with Crippen LogP contribution in [-0.2, 0) is 11.2 Å². The molecule has 2 aromatic rings. The molecular weight excluding hydrogens is 388 g/mol. The number of rotatable bonds is 7. The minimum atomic E-state index is -0.0298. The Balaban J connectivity index is 1.34. The summed E-state index contributed by atoms with van der Waals surface area (Å²) in [6.07, 6.45) is 7.75. The monoisotopic (exact) mass is 418 g/mol. The topological polar surface area (TPSA) is 58.6 Å². The highest BCUT2D eigenvalue weighted by Gasteiger charge is 2.33. The van der Waals surface area contributed by atoms with Crippen LogP contribution in [0.25, 0.3) is 0 Å². The zero-order valence-corrected chi connectivity index (χ0v) is 18.3. The van der Waals surface area contributed by atoms with E-state index in [9.17, 15) is 9.59 Å². The maximum Gasteiger partial charge on any atom is 0.254 e. The average Bonchev–Trinajstić information content (AvgIpc) is 3.24. The Kier molecular flexibility index (Phi) is 6.40. The first-order chi connectivity index (χ1) is 15.0. The SMILES string of the molecule is CCc1ccccc1OC1CN(C(=O)c2ccc(C)c(NC(=O)CC3C=CCC3)c2)C1. The van der Waals surface area contributed by atoms with Crippen molar-refractivity contribution in [3.05, 3.63) is 71.3 Å². The van der Waals surface area contributed by atoms with Gasteiger partial charge >= 0.3 is 0 Å². The molecule has 0 bridgehead atoms. The third-order valence-corrected chi connectivity index (χ3v) is 6.10. The molecule has 2 aromatic carbocycles. The molecule has 0 saturated carbocycles. The lowest BCUT2D eigenvalue weighted by Gasteiger charge is -2.39. The number of nitrogens with one attached hydrogen (secondary N) is 1. The van der Waals surface area contributed by atoms with Gasteiger partial charge in [-0.15, -0.1) is 0 Å². The summed E-state index contributed by atoms with van der Waals surface area (Å²) in [6.45, 7) is 5.19. The minimum absolute atomic E-state index is 0.00347. The quantitative estimate of drug-likeness (QED) is 0.660. The molecule has 5 heteroatoms. The van der Waals surface area contributed by atoms with E-state index in [0.717, 1.165) is 30.6 Å². The fourth-order valence-corrected chi connectivity index (χ4v) is 4.15. The molecule has 31 heavy (non-hydrogen) atoms. The van der Waals surface area contributed by atoms with Crippen LogP contribution in [0, 0.1) is 12.8 Å². The van der Waals surface area contributed by atoms with Gasteiger partial charge in [0.1, 0.15) is 11.9 Å². The van der Waals surface area contributed by atoms with Crippen molar-refractivity contribution < 1.29 is 14.3 Å². The van der Waals surface area contributed by atoms with Crippen LogP contribution in [0.1, 0.15) is 47.7 Å². The molecular formula is C26H30N2O3. The van der Waals surface area contributed by atoms with Gasteiger partial charge in [0.2, 0.25) is 5.91 Å². The molecule has 1 N–H and O–H groups in total. The van der Waals surface area contributed by atoms with E-state index in [4.69, 9.17) is 4.74 Å². The molecule has 1 atom stereocenters. The molecule has 1 unspecified atom stereocenters. The summed E-state index contributed by atoms with van der Waals surface area (Å²) in [4.78, 5) is 27.1. The zero-order chi connectivity index (χ0) is 21.8. The molecule has 2 aliphatic rings. The Morgan fingerprint density at radius 2 is 1.97 bits per heavy atom. The Bertz CT molecular complexity index is 992. The van der Waals surface area contributed by atoms with Crippen LogP contribution in [0.2, 0.25) is 0 Å². The number of para-hydroxylation sites is 1. The van der Waals surface area contributed by atoms with Crippen molar-refractivity contribution in [2.45, 2.75) is 45.6 Å². The van der Waals surface area contributed by atoms with Crippen molar-refractivity contribution in [1.82, 2.24) is 4.90 Å². The van der Waals surface area contributed by atoms with Crippen LogP contribution in [0.3, 0.4) is 0 Å². The summed E-state index contributed by atoms with van der Waals surface area (Å²) in [5.74, 6) is 1.19. The largest absolute Gasteiger partial charge is 0.486 e. The van der Waals surface area contributed by atoms with E-state index >= 15 is 0 Å². The third kappa shape index (κ3) is 4.98. The lowest BCUT2D eigenvalue weighted by Crippen LogP contribution is -2.56. The average molecular weight is 419 g/mol. The number of ether oxygens (including phenoxy) is 1. The number of amides is 2. The van der Waals surface area contributed by atoms with Crippen LogP contribution < -0.4 is 10.1 Å². The van der Waals surface area contributed by atoms with Gasteiger partial charge in [0, 0.05) is 17.7 Å². The number of anilines is 1. The van der Waals surface area contributed by atoms with E-state index in [2.05, 4.69) is 30.5 Å². The molecule has 0 radical (unpaired) electrons. The molecule has 1 aliphatic heterocycles. The molecule has 1 aliphatic carbocycles. The number of carbonyl (C=O) groups excluding carboxylic acids is 2. The maximum atomic E-state index is 12.9. The van der Waals surface area contributed by atoms with Gasteiger partial charge in [0.15, 0.2) is 0 Å². The first-order valence-electron chi connectivity index (χ1n) is 11.1. The highest BCUT2D eigenvalue weighted by Crippen LogP contribution is 2.26. The second-order valence-electron chi connectivity index (χ2n) is 8.46. The molecule has 162 valence electrons. The van der Waals surface area contributed by atoms with Crippen molar-refractivity contribution in [3.8, 4) is 5.75 Å². The normalized spacial score (nSPS) is 18.0. The van der Waals surface area contributed by atoms with E-state index in [0.29, 0.717) is 36.7 Å². The number of allylic oxidation sites excluding steroid dienone is 2. The Labute approximate surface area is 184 Å². The molecule has 0 aromatic heterocycles. The third-order valence-electron chi connectivity index (χ3n) is 6.10. The van der Waals surface area contributed by atoms with Crippen LogP contribution >= 0.6 is 0 Å². The number of nitrogens with zero attached hydrogens (tertiary/aromatic N) is 1. The van der Waals surface area contributed by atoms with Crippen molar-refractivity contribution >= 4 is 17.5 Å². The summed E-state index contributed by atoms with van der Waals surface area (Å²) >= 11 is 0. The van der Waals surface area contributed by atoms with Crippen LogP contribution in [0.4, 0.5) is 5.69 Å². The smallest absolute Gasteiger partial charge is 0.254 e. The molecule has 1 saturated heterocycles. The number of benzene rings is 2. The number of carbonyl (C=O) groups is 2. The fraction of sp³-hybridized carbons (Fsp3) is 0.385. The van der Waals surface area contributed by atoms with Gasteiger partial charge in [-0.3, -0.25) is 9.59 Å². The van der Waals surface area contributed by atoms with E-state index in [1.54, 1.807) is 11.0 Å². The van der Waals surface area contributed by atoms with Crippen molar-refractivity contribution in [2.75, 3.05) is 18.4 Å². The second-order valence-corrected chi connectivity index (χ2v) is 8.46.